The average molecular weight is 392 g/mol. The van der Waals surface area contributed by atoms with Crippen LogP contribution in [0, 0.1) is 0 Å². The molecule has 1 aliphatic heterocycles. The second kappa shape index (κ2) is 8.34. The van der Waals surface area contributed by atoms with Crippen molar-refractivity contribution in [3.63, 3.8) is 0 Å². The van der Waals surface area contributed by atoms with Crippen LogP contribution in [0.3, 0.4) is 0 Å². The SMILES string of the molecule is COc1ccc(CC(=O)N2CCC(c3n[nH]c(=O)n3-c3ccccc3)CC2)cc1. The number of amides is 1. The molecule has 150 valence electrons. The number of hydrogen-bond donors (Lipinski definition) is 1. The average Bonchev–Trinajstić information content (AvgIpc) is 3.16. The van der Waals surface area contributed by atoms with Gasteiger partial charge < -0.3 is 9.64 Å². The van der Waals surface area contributed by atoms with Crippen molar-refractivity contribution in [2.45, 2.75) is 25.2 Å². The number of rotatable bonds is 5. The van der Waals surface area contributed by atoms with Gasteiger partial charge in [0, 0.05) is 19.0 Å². The standard InChI is InChI=1S/C22H24N4O3/c1-29-19-9-7-16(8-10-19)15-20(27)25-13-11-17(12-14-25)21-23-24-22(28)26(21)18-5-3-2-4-6-18/h2-10,17H,11-15H2,1H3,(H,24,28). The summed E-state index contributed by atoms with van der Waals surface area (Å²) in [5.74, 6) is 1.78. The molecule has 29 heavy (non-hydrogen) atoms. The number of aromatic amines is 1. The number of para-hydroxylation sites is 1. The van der Waals surface area contributed by atoms with Crippen molar-refractivity contribution in [3.8, 4) is 11.4 Å². The second-order valence-corrected chi connectivity index (χ2v) is 7.24. The fraction of sp³-hybridized carbons (Fsp3) is 0.318. The largest absolute Gasteiger partial charge is 0.497 e. The first-order valence-corrected chi connectivity index (χ1v) is 9.79. The van der Waals surface area contributed by atoms with Crippen molar-refractivity contribution >= 4 is 5.91 Å². The van der Waals surface area contributed by atoms with Gasteiger partial charge in [0.2, 0.25) is 5.91 Å². The van der Waals surface area contributed by atoms with Crippen molar-refractivity contribution in [1.82, 2.24) is 19.7 Å². The number of H-pyrrole nitrogens is 1. The Bertz CT molecular complexity index is 1020. The molecule has 1 N–H and O–H groups in total. The van der Waals surface area contributed by atoms with Crippen LogP contribution in [0.5, 0.6) is 5.75 Å². The quantitative estimate of drug-likeness (QED) is 0.724. The normalized spacial score (nSPS) is 14.7. The van der Waals surface area contributed by atoms with Gasteiger partial charge in [-0.3, -0.25) is 4.79 Å². The Morgan fingerprint density at radius 3 is 2.45 bits per heavy atom. The van der Waals surface area contributed by atoms with Gasteiger partial charge in [-0.1, -0.05) is 30.3 Å². The Hall–Kier alpha value is -3.35. The molecule has 0 spiro atoms. The summed E-state index contributed by atoms with van der Waals surface area (Å²) >= 11 is 0. The molecule has 1 aromatic heterocycles. The lowest BCUT2D eigenvalue weighted by Gasteiger charge is -2.31. The number of nitrogens with one attached hydrogen (secondary N) is 1. The number of benzene rings is 2. The number of piperidine rings is 1. The first-order chi connectivity index (χ1) is 14.2. The number of methoxy groups -OCH3 is 1. The molecule has 2 aromatic carbocycles. The van der Waals surface area contributed by atoms with Crippen LogP contribution in [0.25, 0.3) is 5.69 Å². The summed E-state index contributed by atoms with van der Waals surface area (Å²) < 4.78 is 6.80. The van der Waals surface area contributed by atoms with Crippen LogP contribution in [0.1, 0.15) is 30.1 Å². The molecule has 0 atom stereocenters. The maximum absolute atomic E-state index is 12.7. The highest BCUT2D eigenvalue weighted by atomic mass is 16.5. The summed E-state index contributed by atoms with van der Waals surface area (Å²) in [6, 6.07) is 17.1. The van der Waals surface area contributed by atoms with Crippen LogP contribution in [0.2, 0.25) is 0 Å². The molecule has 3 aromatic rings. The minimum Gasteiger partial charge on any atom is -0.497 e. The van der Waals surface area contributed by atoms with Crippen LogP contribution < -0.4 is 10.4 Å². The lowest BCUT2D eigenvalue weighted by Crippen LogP contribution is -2.39. The third-order valence-corrected chi connectivity index (χ3v) is 5.44. The molecule has 7 nitrogen and oxygen atoms in total. The van der Waals surface area contributed by atoms with Crippen LogP contribution in [0.15, 0.2) is 59.4 Å². The van der Waals surface area contributed by atoms with E-state index in [-0.39, 0.29) is 17.5 Å². The lowest BCUT2D eigenvalue weighted by molar-refractivity contribution is -0.131. The molecule has 0 bridgehead atoms. The fourth-order valence-corrected chi connectivity index (χ4v) is 3.83. The van der Waals surface area contributed by atoms with Crippen molar-refractivity contribution in [2.75, 3.05) is 20.2 Å². The zero-order chi connectivity index (χ0) is 20.2. The second-order valence-electron chi connectivity index (χ2n) is 7.24. The first kappa shape index (κ1) is 19.0. The van der Waals surface area contributed by atoms with E-state index in [4.69, 9.17) is 4.74 Å². The third-order valence-electron chi connectivity index (χ3n) is 5.44. The number of carbonyl (C=O) groups excluding carboxylic acids is 1. The summed E-state index contributed by atoms with van der Waals surface area (Å²) in [4.78, 5) is 26.9. The molecule has 0 aliphatic carbocycles. The summed E-state index contributed by atoms with van der Waals surface area (Å²) in [7, 11) is 1.63. The number of carbonyl (C=O) groups is 1. The van der Waals surface area contributed by atoms with Gasteiger partial charge >= 0.3 is 5.69 Å². The van der Waals surface area contributed by atoms with Crippen LogP contribution in [-0.2, 0) is 11.2 Å². The predicted molar refractivity (Wildman–Crippen MR) is 109 cm³/mol. The van der Waals surface area contributed by atoms with Gasteiger partial charge in [-0.05, 0) is 42.7 Å². The number of hydrogen-bond acceptors (Lipinski definition) is 4. The van der Waals surface area contributed by atoms with Crippen molar-refractivity contribution in [2.24, 2.45) is 0 Å². The number of likely N-dealkylation sites (tertiary alicyclic amines) is 1. The Kier molecular flexibility index (Phi) is 5.46. The van der Waals surface area contributed by atoms with Gasteiger partial charge in [-0.15, -0.1) is 0 Å². The Balaban J connectivity index is 1.41. The highest BCUT2D eigenvalue weighted by Gasteiger charge is 2.28. The summed E-state index contributed by atoms with van der Waals surface area (Å²) in [5, 5.41) is 6.86. The first-order valence-electron chi connectivity index (χ1n) is 9.79. The van der Waals surface area contributed by atoms with E-state index in [0.717, 1.165) is 35.7 Å². The molecule has 2 heterocycles. The van der Waals surface area contributed by atoms with Crippen LogP contribution in [-0.4, -0.2) is 45.8 Å². The zero-order valence-corrected chi connectivity index (χ0v) is 16.4. The molecule has 1 fully saturated rings. The molecule has 0 unspecified atom stereocenters. The predicted octanol–water partition coefficient (Wildman–Crippen LogP) is 2.52. The van der Waals surface area contributed by atoms with E-state index in [9.17, 15) is 9.59 Å². The molecule has 7 heteroatoms. The van der Waals surface area contributed by atoms with Gasteiger partial charge in [0.1, 0.15) is 11.6 Å². The van der Waals surface area contributed by atoms with Crippen molar-refractivity contribution in [1.29, 1.82) is 0 Å². The van der Waals surface area contributed by atoms with Gasteiger partial charge in [0.05, 0.1) is 19.2 Å². The van der Waals surface area contributed by atoms with E-state index < -0.39 is 0 Å². The Morgan fingerprint density at radius 2 is 1.79 bits per heavy atom. The maximum atomic E-state index is 12.7. The molecule has 1 aliphatic rings. The molecule has 1 amide bonds. The monoisotopic (exact) mass is 392 g/mol. The molecule has 1 saturated heterocycles. The van der Waals surface area contributed by atoms with E-state index in [1.54, 1.807) is 11.7 Å². The van der Waals surface area contributed by atoms with Crippen LogP contribution in [0.4, 0.5) is 0 Å². The van der Waals surface area contributed by atoms with E-state index in [1.807, 2.05) is 59.5 Å². The van der Waals surface area contributed by atoms with E-state index in [2.05, 4.69) is 10.2 Å². The number of nitrogens with zero attached hydrogens (tertiary/aromatic N) is 3. The Labute approximate surface area is 168 Å². The molecule has 0 saturated carbocycles. The minimum atomic E-state index is -0.232. The number of aromatic nitrogens is 3. The van der Waals surface area contributed by atoms with E-state index in [1.165, 1.54) is 0 Å². The molecule has 4 rings (SSSR count). The number of ether oxygens (including phenoxy) is 1. The fourth-order valence-electron chi connectivity index (χ4n) is 3.83. The van der Waals surface area contributed by atoms with E-state index >= 15 is 0 Å². The van der Waals surface area contributed by atoms with E-state index in [0.29, 0.717) is 19.5 Å². The summed E-state index contributed by atoms with van der Waals surface area (Å²) in [5.41, 5.74) is 1.55. The zero-order valence-electron chi connectivity index (χ0n) is 16.4. The minimum absolute atomic E-state index is 0.121. The third kappa shape index (κ3) is 4.08. The topological polar surface area (TPSA) is 80.2 Å². The van der Waals surface area contributed by atoms with Crippen molar-refractivity contribution in [3.05, 3.63) is 76.5 Å². The summed E-state index contributed by atoms with van der Waals surface area (Å²) in [6.07, 6.45) is 1.95. The van der Waals surface area contributed by atoms with Gasteiger partial charge in [-0.25, -0.2) is 14.5 Å². The highest BCUT2D eigenvalue weighted by Crippen LogP contribution is 2.27. The van der Waals surface area contributed by atoms with Gasteiger partial charge in [0.15, 0.2) is 0 Å². The Morgan fingerprint density at radius 1 is 1.10 bits per heavy atom. The summed E-state index contributed by atoms with van der Waals surface area (Å²) in [6.45, 7) is 1.32. The molecular formula is C22H24N4O3. The van der Waals surface area contributed by atoms with Crippen LogP contribution >= 0.6 is 0 Å². The highest BCUT2D eigenvalue weighted by molar-refractivity contribution is 5.79. The lowest BCUT2D eigenvalue weighted by atomic mass is 9.95. The maximum Gasteiger partial charge on any atom is 0.347 e. The smallest absolute Gasteiger partial charge is 0.347 e. The molecular weight excluding hydrogens is 368 g/mol. The molecule has 0 radical (unpaired) electrons. The van der Waals surface area contributed by atoms with Gasteiger partial charge in [-0.2, -0.15) is 5.10 Å². The van der Waals surface area contributed by atoms with Crippen molar-refractivity contribution < 1.29 is 9.53 Å². The van der Waals surface area contributed by atoms with Gasteiger partial charge in [0.25, 0.3) is 0 Å².